The van der Waals surface area contributed by atoms with E-state index in [4.69, 9.17) is 0 Å². The summed E-state index contributed by atoms with van der Waals surface area (Å²) in [6.07, 6.45) is 9.27. The number of benzene rings is 1. The minimum absolute atomic E-state index is 0.680. The van der Waals surface area contributed by atoms with Gasteiger partial charge in [0.1, 0.15) is 0 Å². The van der Waals surface area contributed by atoms with Crippen LogP contribution in [0.4, 0.5) is 11.8 Å². The molecule has 1 aliphatic rings. The first-order valence-electron chi connectivity index (χ1n) is 10.6. The molecule has 5 rings (SSSR count). The second-order valence-corrected chi connectivity index (χ2v) is 7.68. The van der Waals surface area contributed by atoms with Crippen LogP contribution in [0.5, 0.6) is 0 Å². The van der Waals surface area contributed by atoms with Gasteiger partial charge in [0, 0.05) is 67.5 Å². The van der Waals surface area contributed by atoms with Gasteiger partial charge in [0.25, 0.3) is 0 Å². The van der Waals surface area contributed by atoms with Crippen LogP contribution in [0, 0.1) is 0 Å². The van der Waals surface area contributed by atoms with E-state index in [1.54, 1.807) is 10.9 Å². The van der Waals surface area contributed by atoms with Crippen molar-refractivity contribution >= 4 is 41.2 Å². The molecule has 0 atom stereocenters. The van der Waals surface area contributed by atoms with Crippen molar-refractivity contribution in [2.45, 2.75) is 6.92 Å². The predicted molar refractivity (Wildman–Crippen MR) is 129 cm³/mol. The summed E-state index contributed by atoms with van der Waals surface area (Å²) in [5, 5.41) is 8.95. The predicted octanol–water partition coefficient (Wildman–Crippen LogP) is 3.65. The molecule has 0 bridgehead atoms. The molecule has 1 aromatic carbocycles. The molecule has 8 nitrogen and oxygen atoms in total. The Kier molecular flexibility index (Phi) is 5.43. The van der Waals surface area contributed by atoms with Crippen LogP contribution in [0.1, 0.15) is 12.5 Å². The molecule has 3 aromatic heterocycles. The number of nitrogens with zero attached hydrogens (tertiary/aromatic N) is 7. The number of fused-ring (bicyclic) bond motifs is 1. The van der Waals surface area contributed by atoms with Crippen LogP contribution in [-0.4, -0.2) is 57.6 Å². The molecule has 1 fully saturated rings. The molecule has 160 valence electrons. The second-order valence-electron chi connectivity index (χ2n) is 7.68. The van der Waals surface area contributed by atoms with Gasteiger partial charge in [-0.3, -0.25) is 4.98 Å². The van der Waals surface area contributed by atoms with Crippen molar-refractivity contribution in [1.29, 1.82) is 0 Å². The lowest BCUT2D eigenvalue weighted by atomic mass is 10.0. The van der Waals surface area contributed by atoms with Gasteiger partial charge in [-0.2, -0.15) is 5.10 Å². The highest BCUT2D eigenvalue weighted by Crippen LogP contribution is 2.35. The van der Waals surface area contributed by atoms with Crippen LogP contribution in [0.15, 0.2) is 60.1 Å². The Labute approximate surface area is 186 Å². The fourth-order valence-corrected chi connectivity index (χ4v) is 3.94. The number of rotatable bonds is 5. The lowest BCUT2D eigenvalue weighted by Crippen LogP contribution is -2.44. The number of pyridine rings is 1. The van der Waals surface area contributed by atoms with E-state index < -0.39 is 0 Å². The third kappa shape index (κ3) is 3.76. The molecule has 1 saturated heterocycles. The van der Waals surface area contributed by atoms with E-state index in [0.29, 0.717) is 5.82 Å². The summed E-state index contributed by atoms with van der Waals surface area (Å²) in [4.78, 5) is 20.1. The number of hydrogen-bond acceptors (Lipinski definition) is 7. The van der Waals surface area contributed by atoms with Gasteiger partial charge in [0.15, 0.2) is 5.82 Å². The quantitative estimate of drug-likeness (QED) is 0.493. The Morgan fingerprint density at radius 3 is 2.59 bits per heavy atom. The van der Waals surface area contributed by atoms with Gasteiger partial charge >= 0.3 is 0 Å². The molecular formula is C24H24N8. The number of nitrogens with one attached hydrogen (secondary N) is 1. The van der Waals surface area contributed by atoms with Crippen LogP contribution < -0.4 is 10.2 Å². The molecule has 1 aliphatic heterocycles. The number of aliphatic imine (C=N–C) groups is 1. The molecule has 1 N–H and O–H groups in total. The maximum absolute atomic E-state index is 4.57. The van der Waals surface area contributed by atoms with Crippen molar-refractivity contribution in [2.24, 2.45) is 4.99 Å². The summed E-state index contributed by atoms with van der Waals surface area (Å²) in [5.41, 5.74) is 4.79. The Morgan fingerprint density at radius 2 is 1.81 bits per heavy atom. The van der Waals surface area contributed by atoms with Crippen molar-refractivity contribution in [3.63, 3.8) is 0 Å². The van der Waals surface area contributed by atoms with Gasteiger partial charge < -0.3 is 10.2 Å². The number of allylic oxidation sites excluding steroid dienone is 1. The fourth-order valence-electron chi connectivity index (χ4n) is 3.94. The van der Waals surface area contributed by atoms with Gasteiger partial charge in [0.2, 0.25) is 5.95 Å². The Balaban J connectivity index is 1.46. The zero-order valence-corrected chi connectivity index (χ0v) is 17.9. The molecule has 4 aromatic rings. The Morgan fingerprint density at radius 1 is 1.03 bits per heavy atom. The standard InChI is InChI=1S/C24H24N8/c1-17(18-13-28-24(29-14-18)31-11-9-26-10-12-31)16-32-23(25-2)21(15-30-32)19-7-8-27-22-6-4-3-5-20(19)22/h3-8,13-16,26H,2,9-12H2,1H3/b17-16+. The highest BCUT2D eigenvalue weighted by Gasteiger charge is 2.15. The molecule has 0 unspecified atom stereocenters. The van der Waals surface area contributed by atoms with Crippen molar-refractivity contribution < 1.29 is 0 Å². The van der Waals surface area contributed by atoms with Gasteiger partial charge in [-0.05, 0) is 36.9 Å². The largest absolute Gasteiger partial charge is 0.338 e. The van der Waals surface area contributed by atoms with Crippen molar-refractivity contribution in [2.75, 3.05) is 31.1 Å². The van der Waals surface area contributed by atoms with E-state index in [2.05, 4.69) is 48.0 Å². The number of aromatic nitrogens is 5. The Bertz CT molecular complexity index is 1280. The lowest BCUT2D eigenvalue weighted by molar-refractivity contribution is 0.579. The molecule has 0 spiro atoms. The van der Waals surface area contributed by atoms with E-state index in [-0.39, 0.29) is 0 Å². The smallest absolute Gasteiger partial charge is 0.225 e. The molecule has 0 amide bonds. The van der Waals surface area contributed by atoms with Crippen molar-refractivity contribution in [3.8, 4) is 11.1 Å². The summed E-state index contributed by atoms with van der Waals surface area (Å²) in [7, 11) is 0. The monoisotopic (exact) mass is 424 g/mol. The number of anilines is 1. The zero-order valence-electron chi connectivity index (χ0n) is 17.9. The molecule has 0 saturated carbocycles. The minimum atomic E-state index is 0.680. The van der Waals surface area contributed by atoms with Crippen LogP contribution in [0.2, 0.25) is 0 Å². The molecule has 0 aliphatic carbocycles. The number of hydrogen-bond donors (Lipinski definition) is 1. The molecule has 8 heteroatoms. The van der Waals surface area contributed by atoms with E-state index in [0.717, 1.165) is 65.3 Å². The highest BCUT2D eigenvalue weighted by atomic mass is 15.3. The SMILES string of the molecule is C=Nc1c(-c2ccnc3ccccc23)cnn1/C=C(\C)c1cnc(N2CCNCC2)nc1. The van der Waals surface area contributed by atoms with Gasteiger partial charge in [-0.15, -0.1) is 0 Å². The zero-order chi connectivity index (χ0) is 21.9. The van der Waals surface area contributed by atoms with Crippen molar-refractivity contribution in [1.82, 2.24) is 30.0 Å². The molecule has 32 heavy (non-hydrogen) atoms. The third-order valence-electron chi connectivity index (χ3n) is 5.67. The normalized spacial score (nSPS) is 14.7. The maximum atomic E-state index is 4.57. The number of piperazine rings is 1. The Hall–Kier alpha value is -3.91. The lowest BCUT2D eigenvalue weighted by Gasteiger charge is -2.27. The fraction of sp³-hybridized carbons (Fsp3) is 0.208. The number of para-hydroxylation sites is 1. The highest BCUT2D eigenvalue weighted by molar-refractivity contribution is 5.97. The summed E-state index contributed by atoms with van der Waals surface area (Å²) in [6.45, 7) is 9.54. The van der Waals surface area contributed by atoms with Crippen LogP contribution in [-0.2, 0) is 0 Å². The average molecular weight is 425 g/mol. The minimum Gasteiger partial charge on any atom is -0.338 e. The van der Waals surface area contributed by atoms with E-state index in [9.17, 15) is 0 Å². The van der Waals surface area contributed by atoms with Gasteiger partial charge in [0.05, 0.1) is 11.7 Å². The summed E-state index contributed by atoms with van der Waals surface area (Å²) >= 11 is 0. The van der Waals surface area contributed by atoms with Crippen LogP contribution in [0.3, 0.4) is 0 Å². The summed E-state index contributed by atoms with van der Waals surface area (Å²) in [6, 6.07) is 10.0. The van der Waals surface area contributed by atoms with Crippen molar-refractivity contribution in [3.05, 3.63) is 60.7 Å². The molecule has 4 heterocycles. The first-order chi connectivity index (χ1) is 15.7. The van der Waals surface area contributed by atoms with Crippen LogP contribution >= 0.6 is 0 Å². The van der Waals surface area contributed by atoms with E-state index in [1.807, 2.05) is 56.0 Å². The maximum Gasteiger partial charge on any atom is 0.225 e. The summed E-state index contributed by atoms with van der Waals surface area (Å²) in [5.74, 6) is 1.45. The molecule has 0 radical (unpaired) electrons. The summed E-state index contributed by atoms with van der Waals surface area (Å²) < 4.78 is 1.75. The first-order valence-corrected chi connectivity index (χ1v) is 10.6. The topological polar surface area (TPSA) is 84.1 Å². The van der Waals surface area contributed by atoms with E-state index >= 15 is 0 Å². The van der Waals surface area contributed by atoms with Crippen LogP contribution in [0.25, 0.3) is 33.8 Å². The van der Waals surface area contributed by atoms with Gasteiger partial charge in [-0.25, -0.2) is 19.6 Å². The first kappa shape index (κ1) is 20.0. The van der Waals surface area contributed by atoms with E-state index in [1.165, 1.54) is 0 Å². The third-order valence-corrected chi connectivity index (χ3v) is 5.67. The average Bonchev–Trinajstić information content (AvgIpc) is 3.26. The van der Waals surface area contributed by atoms with Gasteiger partial charge in [-0.1, -0.05) is 18.2 Å². The second kappa shape index (κ2) is 8.68. The molecular weight excluding hydrogens is 400 g/mol.